The van der Waals surface area contributed by atoms with Crippen LogP contribution < -0.4 is 15.5 Å². The molecule has 0 aliphatic carbocycles. The fourth-order valence-corrected chi connectivity index (χ4v) is 2.94. The van der Waals surface area contributed by atoms with Gasteiger partial charge in [-0.25, -0.2) is 10.4 Å². The second-order valence-electron chi connectivity index (χ2n) is 5.07. The number of hydrogen-bond donors (Lipinski definition) is 3. The van der Waals surface area contributed by atoms with Crippen LogP contribution in [0.5, 0.6) is 11.5 Å². The molecule has 0 aliphatic heterocycles. The zero-order chi connectivity index (χ0) is 18.5. The quantitative estimate of drug-likeness (QED) is 0.370. The number of aromatic hydroxyl groups is 1. The van der Waals surface area contributed by atoms with Crippen molar-refractivity contribution in [2.24, 2.45) is 5.10 Å². The Morgan fingerprint density at radius 2 is 2.04 bits per heavy atom. The molecule has 0 spiro atoms. The number of hydrogen-bond acceptors (Lipinski definition) is 7. The molecular formula is C17H14N4O4S. The number of nitrogens with one attached hydrogen (secondary N) is 2. The topological polar surface area (TPSA) is 113 Å². The first-order valence-corrected chi connectivity index (χ1v) is 8.25. The summed E-state index contributed by atoms with van der Waals surface area (Å²) in [5.41, 5.74) is 3.38. The average molecular weight is 370 g/mol. The van der Waals surface area contributed by atoms with Crippen molar-refractivity contribution in [2.45, 2.75) is 0 Å². The normalized spacial score (nSPS) is 10.8. The van der Waals surface area contributed by atoms with Crippen LogP contribution in [-0.2, 0) is 9.59 Å². The van der Waals surface area contributed by atoms with Crippen molar-refractivity contribution < 1.29 is 19.4 Å². The van der Waals surface area contributed by atoms with Crippen LogP contribution in [0.2, 0.25) is 0 Å². The van der Waals surface area contributed by atoms with Gasteiger partial charge in [-0.15, -0.1) is 0 Å². The Bertz CT molecular complexity index is 966. The van der Waals surface area contributed by atoms with Gasteiger partial charge in [0.15, 0.2) is 16.6 Å². The van der Waals surface area contributed by atoms with Crippen LogP contribution in [-0.4, -0.2) is 35.2 Å². The fraction of sp³-hybridized carbons (Fsp3) is 0.0588. The highest BCUT2D eigenvalue weighted by atomic mass is 32.1. The molecule has 3 rings (SSSR count). The van der Waals surface area contributed by atoms with E-state index in [2.05, 4.69) is 20.8 Å². The summed E-state index contributed by atoms with van der Waals surface area (Å²) in [4.78, 5) is 27.9. The summed E-state index contributed by atoms with van der Waals surface area (Å²) in [6, 6.07) is 12.0. The van der Waals surface area contributed by atoms with Gasteiger partial charge >= 0.3 is 11.8 Å². The third-order valence-electron chi connectivity index (χ3n) is 3.30. The van der Waals surface area contributed by atoms with Crippen molar-refractivity contribution in [1.82, 2.24) is 10.4 Å². The van der Waals surface area contributed by atoms with Crippen LogP contribution in [0.25, 0.3) is 10.2 Å². The molecule has 0 saturated heterocycles. The van der Waals surface area contributed by atoms with E-state index in [1.165, 1.54) is 30.7 Å². The summed E-state index contributed by atoms with van der Waals surface area (Å²) in [5.74, 6) is -1.55. The van der Waals surface area contributed by atoms with Crippen LogP contribution in [0.1, 0.15) is 5.56 Å². The van der Waals surface area contributed by atoms with Crippen LogP contribution in [0.4, 0.5) is 5.13 Å². The molecule has 132 valence electrons. The van der Waals surface area contributed by atoms with Gasteiger partial charge in [0.2, 0.25) is 0 Å². The molecule has 8 nitrogen and oxygen atoms in total. The molecule has 0 aliphatic rings. The number of anilines is 1. The lowest BCUT2D eigenvalue weighted by atomic mass is 10.2. The van der Waals surface area contributed by atoms with E-state index in [0.29, 0.717) is 16.4 Å². The molecule has 0 atom stereocenters. The highest BCUT2D eigenvalue weighted by Crippen LogP contribution is 2.26. The molecule has 2 amide bonds. The number of carbonyl (C=O) groups excluding carboxylic acids is 2. The molecule has 2 aromatic carbocycles. The number of nitrogens with zero attached hydrogens (tertiary/aromatic N) is 2. The summed E-state index contributed by atoms with van der Waals surface area (Å²) in [6.07, 6.45) is 1.29. The van der Waals surface area contributed by atoms with Gasteiger partial charge in [-0.2, -0.15) is 5.10 Å². The predicted octanol–water partition coefficient (Wildman–Crippen LogP) is 2.10. The first-order valence-electron chi connectivity index (χ1n) is 7.44. The second-order valence-corrected chi connectivity index (χ2v) is 6.10. The standard InChI is InChI=1S/C17H14N4O4S/c1-25-13-7-6-10(8-12(13)22)9-18-21-16(24)15(23)20-17-19-11-4-2-3-5-14(11)26-17/h2-9,22H,1H3,(H,21,24)(H,19,20,23)/b18-9+. The van der Waals surface area contributed by atoms with E-state index in [-0.39, 0.29) is 5.75 Å². The van der Waals surface area contributed by atoms with Gasteiger partial charge < -0.3 is 9.84 Å². The molecular weight excluding hydrogens is 356 g/mol. The minimum atomic E-state index is -0.932. The van der Waals surface area contributed by atoms with E-state index < -0.39 is 11.8 Å². The van der Waals surface area contributed by atoms with E-state index in [1.807, 2.05) is 24.3 Å². The summed E-state index contributed by atoms with van der Waals surface area (Å²) >= 11 is 1.27. The average Bonchev–Trinajstić information content (AvgIpc) is 3.04. The van der Waals surface area contributed by atoms with E-state index in [4.69, 9.17) is 4.74 Å². The molecule has 1 aromatic heterocycles. The van der Waals surface area contributed by atoms with Crippen molar-refractivity contribution in [3.8, 4) is 11.5 Å². The Kier molecular flexibility index (Phi) is 5.09. The first kappa shape index (κ1) is 17.4. The minimum Gasteiger partial charge on any atom is -0.504 e. The summed E-state index contributed by atoms with van der Waals surface area (Å²) in [5, 5.41) is 16.1. The monoisotopic (exact) mass is 370 g/mol. The second kappa shape index (κ2) is 7.62. The number of amides is 2. The van der Waals surface area contributed by atoms with Gasteiger partial charge in [-0.1, -0.05) is 23.5 Å². The third kappa shape index (κ3) is 3.95. The number of carbonyl (C=O) groups is 2. The zero-order valence-corrected chi connectivity index (χ0v) is 14.4. The zero-order valence-electron chi connectivity index (χ0n) is 13.6. The third-order valence-corrected chi connectivity index (χ3v) is 4.26. The van der Waals surface area contributed by atoms with E-state index >= 15 is 0 Å². The van der Waals surface area contributed by atoms with Gasteiger partial charge in [-0.05, 0) is 35.9 Å². The number of ether oxygens (including phenoxy) is 1. The number of fused-ring (bicyclic) bond motifs is 1. The lowest BCUT2D eigenvalue weighted by Gasteiger charge is -2.03. The Balaban J connectivity index is 1.58. The molecule has 1 heterocycles. The number of rotatable bonds is 4. The van der Waals surface area contributed by atoms with Gasteiger partial charge in [-0.3, -0.25) is 14.9 Å². The molecule has 0 saturated carbocycles. The summed E-state index contributed by atoms with van der Waals surface area (Å²) < 4.78 is 5.83. The Morgan fingerprint density at radius 1 is 1.23 bits per heavy atom. The highest BCUT2D eigenvalue weighted by Gasteiger charge is 2.15. The molecule has 3 N–H and O–H groups in total. The molecule has 0 unspecified atom stereocenters. The minimum absolute atomic E-state index is 0.0589. The van der Waals surface area contributed by atoms with Crippen molar-refractivity contribution in [1.29, 1.82) is 0 Å². The van der Waals surface area contributed by atoms with Crippen LogP contribution in [0.15, 0.2) is 47.6 Å². The Labute approximate surface area is 152 Å². The van der Waals surface area contributed by atoms with E-state index in [9.17, 15) is 14.7 Å². The summed E-state index contributed by atoms with van der Waals surface area (Å²) in [6.45, 7) is 0. The van der Waals surface area contributed by atoms with Crippen LogP contribution >= 0.6 is 11.3 Å². The Morgan fingerprint density at radius 3 is 2.77 bits per heavy atom. The number of phenols is 1. The fourth-order valence-electron chi connectivity index (χ4n) is 2.08. The van der Waals surface area contributed by atoms with Gasteiger partial charge in [0.25, 0.3) is 0 Å². The number of hydrazone groups is 1. The molecule has 3 aromatic rings. The lowest BCUT2D eigenvalue weighted by Crippen LogP contribution is -2.32. The summed E-state index contributed by atoms with van der Waals surface area (Å²) in [7, 11) is 1.44. The van der Waals surface area contributed by atoms with E-state index in [0.717, 1.165) is 10.2 Å². The number of phenolic OH excluding ortho intramolecular Hbond substituents is 1. The SMILES string of the molecule is COc1ccc(/C=N/NC(=O)C(=O)Nc2nc3ccccc3s2)cc1O. The van der Waals surface area contributed by atoms with Crippen LogP contribution in [0, 0.1) is 0 Å². The van der Waals surface area contributed by atoms with Crippen molar-refractivity contribution in [2.75, 3.05) is 12.4 Å². The van der Waals surface area contributed by atoms with Gasteiger partial charge in [0, 0.05) is 0 Å². The number of thiazole rings is 1. The first-order chi connectivity index (χ1) is 12.6. The van der Waals surface area contributed by atoms with Crippen molar-refractivity contribution in [3.05, 3.63) is 48.0 Å². The predicted molar refractivity (Wildman–Crippen MR) is 98.6 cm³/mol. The molecule has 0 bridgehead atoms. The number of benzene rings is 2. The number of aromatic nitrogens is 1. The largest absolute Gasteiger partial charge is 0.504 e. The molecule has 9 heteroatoms. The lowest BCUT2D eigenvalue weighted by molar-refractivity contribution is -0.136. The van der Waals surface area contributed by atoms with Gasteiger partial charge in [0.05, 0.1) is 23.5 Å². The van der Waals surface area contributed by atoms with Gasteiger partial charge in [0.1, 0.15) is 0 Å². The smallest absolute Gasteiger partial charge is 0.329 e. The van der Waals surface area contributed by atoms with E-state index in [1.54, 1.807) is 12.1 Å². The molecule has 0 radical (unpaired) electrons. The molecule has 26 heavy (non-hydrogen) atoms. The Hall–Kier alpha value is -3.46. The molecule has 0 fully saturated rings. The number of para-hydroxylation sites is 1. The maximum Gasteiger partial charge on any atom is 0.329 e. The van der Waals surface area contributed by atoms with Crippen molar-refractivity contribution >= 4 is 44.7 Å². The number of methoxy groups -OCH3 is 1. The maximum absolute atomic E-state index is 11.9. The van der Waals surface area contributed by atoms with Crippen molar-refractivity contribution in [3.63, 3.8) is 0 Å². The van der Waals surface area contributed by atoms with Crippen LogP contribution in [0.3, 0.4) is 0 Å². The maximum atomic E-state index is 11.9. The highest BCUT2D eigenvalue weighted by molar-refractivity contribution is 7.22.